The minimum absolute atomic E-state index is 0.193. The number of amidine groups is 1. The van der Waals surface area contributed by atoms with Gasteiger partial charge in [-0.25, -0.2) is 15.6 Å². The summed E-state index contributed by atoms with van der Waals surface area (Å²) >= 11 is 0. The third-order valence-corrected chi connectivity index (χ3v) is 4.72. The molecule has 0 aromatic heterocycles. The van der Waals surface area contributed by atoms with Crippen LogP contribution in [0, 0.1) is 0 Å². The average molecular weight is 451 g/mol. The maximum absolute atomic E-state index is 10.9. The summed E-state index contributed by atoms with van der Waals surface area (Å²) < 4.78 is 11.2. The van der Waals surface area contributed by atoms with Gasteiger partial charge in [0, 0.05) is 0 Å². The van der Waals surface area contributed by atoms with Crippen molar-refractivity contribution < 1.29 is 24.5 Å². The van der Waals surface area contributed by atoms with E-state index >= 15 is 0 Å². The molecular formula is C23H25N5O5. The van der Waals surface area contributed by atoms with Gasteiger partial charge in [0.05, 0.1) is 29.1 Å². The van der Waals surface area contributed by atoms with Gasteiger partial charge in [-0.05, 0) is 42.3 Å². The highest BCUT2D eigenvalue weighted by Crippen LogP contribution is 2.33. The highest BCUT2D eigenvalue weighted by Gasteiger charge is 2.20. The van der Waals surface area contributed by atoms with Gasteiger partial charge >= 0.3 is 5.97 Å². The summed E-state index contributed by atoms with van der Waals surface area (Å²) in [6.45, 7) is 9.08. The third kappa shape index (κ3) is 5.08. The van der Waals surface area contributed by atoms with Gasteiger partial charge in [-0.1, -0.05) is 25.3 Å². The summed E-state index contributed by atoms with van der Waals surface area (Å²) in [5, 5.41) is 21.8. The van der Waals surface area contributed by atoms with E-state index in [0.29, 0.717) is 46.3 Å². The van der Waals surface area contributed by atoms with E-state index in [9.17, 15) is 9.90 Å². The molecule has 0 aliphatic carbocycles. The van der Waals surface area contributed by atoms with E-state index < -0.39 is 12.6 Å². The second-order valence-electron chi connectivity index (χ2n) is 6.95. The molecule has 0 saturated heterocycles. The van der Waals surface area contributed by atoms with Crippen molar-refractivity contribution in [3.8, 4) is 22.6 Å². The number of carboxylic acid groups (broad SMARTS) is 1. The SMILES string of the molecule is C=C1NC(c2ccc(-c3ccc(C(=C)O)c(OCC(=O)O)c3)cc2OCC)=NC(NN)=C1N. The zero-order valence-electron chi connectivity index (χ0n) is 18.0. The number of hydrogen-bond donors (Lipinski definition) is 6. The molecule has 10 nitrogen and oxygen atoms in total. The van der Waals surface area contributed by atoms with Gasteiger partial charge in [0.2, 0.25) is 0 Å². The molecule has 0 atom stereocenters. The zero-order chi connectivity index (χ0) is 24.1. The van der Waals surface area contributed by atoms with Crippen LogP contribution in [0.25, 0.3) is 16.9 Å². The molecule has 8 N–H and O–H groups in total. The minimum Gasteiger partial charge on any atom is -0.508 e. The number of aliphatic imine (C=N–C) groups is 1. The molecule has 0 amide bonds. The largest absolute Gasteiger partial charge is 0.508 e. The number of aliphatic hydroxyl groups is 1. The molecule has 33 heavy (non-hydrogen) atoms. The Kier molecular flexibility index (Phi) is 6.89. The monoisotopic (exact) mass is 451 g/mol. The summed E-state index contributed by atoms with van der Waals surface area (Å²) in [5.41, 5.74) is 11.6. The molecule has 1 aliphatic rings. The maximum atomic E-state index is 10.9. The van der Waals surface area contributed by atoms with Crippen molar-refractivity contribution in [3.63, 3.8) is 0 Å². The summed E-state index contributed by atoms with van der Waals surface area (Å²) in [6, 6.07) is 10.5. The second kappa shape index (κ2) is 9.79. The lowest BCUT2D eigenvalue weighted by Gasteiger charge is -2.22. The van der Waals surface area contributed by atoms with Crippen LogP contribution in [0.3, 0.4) is 0 Å². The number of aliphatic carboxylic acids is 1. The van der Waals surface area contributed by atoms with E-state index in [-0.39, 0.29) is 17.3 Å². The van der Waals surface area contributed by atoms with Crippen LogP contribution < -0.4 is 31.8 Å². The van der Waals surface area contributed by atoms with Gasteiger partial charge in [0.15, 0.2) is 12.4 Å². The quantitative estimate of drug-likeness (QED) is 0.190. The zero-order valence-corrected chi connectivity index (χ0v) is 18.0. The Hall–Kier alpha value is -4.44. The number of nitrogens with two attached hydrogens (primary N) is 2. The molecule has 172 valence electrons. The van der Waals surface area contributed by atoms with Crippen LogP contribution >= 0.6 is 0 Å². The highest BCUT2D eigenvalue weighted by molar-refractivity contribution is 6.04. The third-order valence-electron chi connectivity index (χ3n) is 4.72. The number of benzene rings is 2. The minimum atomic E-state index is -1.14. The molecule has 10 heteroatoms. The molecule has 2 aromatic carbocycles. The van der Waals surface area contributed by atoms with Crippen molar-refractivity contribution >= 4 is 17.6 Å². The standard InChI is InChI=1S/C23H25N5O5/c1-4-32-19-10-15(6-8-17(19)22-26-12(2)21(24)23(27-22)28-25)14-5-7-16(13(3)29)18(9-14)33-11-20(30)31/h5-10,28-29H,2-4,11,24-25H2,1H3,(H,26,27)(H,30,31). The number of nitrogens with one attached hydrogen (secondary N) is 2. The highest BCUT2D eigenvalue weighted by atomic mass is 16.5. The van der Waals surface area contributed by atoms with E-state index in [1.165, 1.54) is 0 Å². The van der Waals surface area contributed by atoms with E-state index in [1.807, 2.05) is 25.1 Å². The number of rotatable bonds is 9. The molecule has 0 bridgehead atoms. The normalized spacial score (nSPS) is 13.2. The Balaban J connectivity index is 2.05. The fourth-order valence-corrected chi connectivity index (χ4v) is 3.16. The van der Waals surface area contributed by atoms with Crippen molar-refractivity contribution in [2.45, 2.75) is 6.92 Å². The summed E-state index contributed by atoms with van der Waals surface area (Å²) in [4.78, 5) is 15.3. The lowest BCUT2D eigenvalue weighted by Crippen LogP contribution is -2.36. The first-order valence-electron chi connectivity index (χ1n) is 9.91. The predicted octanol–water partition coefficient (Wildman–Crippen LogP) is 2.20. The molecule has 1 heterocycles. The maximum Gasteiger partial charge on any atom is 0.341 e. The van der Waals surface area contributed by atoms with Crippen LogP contribution in [0.4, 0.5) is 0 Å². The number of hydrazine groups is 1. The number of aliphatic hydroxyl groups excluding tert-OH is 1. The first-order valence-corrected chi connectivity index (χ1v) is 9.91. The Bertz CT molecular complexity index is 1190. The first kappa shape index (κ1) is 23.2. The Morgan fingerprint density at radius 1 is 1.15 bits per heavy atom. The van der Waals surface area contributed by atoms with Crippen LogP contribution in [0.1, 0.15) is 18.1 Å². The van der Waals surface area contributed by atoms with Crippen LogP contribution in [0.15, 0.2) is 71.8 Å². The van der Waals surface area contributed by atoms with Crippen LogP contribution in [0.2, 0.25) is 0 Å². The molecule has 0 radical (unpaired) electrons. The van der Waals surface area contributed by atoms with Crippen molar-refractivity contribution in [2.75, 3.05) is 13.2 Å². The summed E-state index contributed by atoms with van der Waals surface area (Å²) in [7, 11) is 0. The fourth-order valence-electron chi connectivity index (χ4n) is 3.16. The molecular weight excluding hydrogens is 426 g/mol. The number of carboxylic acids is 1. The molecule has 0 spiro atoms. The van der Waals surface area contributed by atoms with Gasteiger partial charge in [-0.15, -0.1) is 0 Å². The molecule has 0 fully saturated rings. The topological polar surface area (TPSA) is 164 Å². The van der Waals surface area contributed by atoms with Crippen molar-refractivity contribution in [3.05, 3.63) is 77.9 Å². The van der Waals surface area contributed by atoms with Crippen LogP contribution in [-0.2, 0) is 4.79 Å². The number of nitrogens with zero attached hydrogens (tertiary/aromatic N) is 1. The molecule has 2 aromatic rings. The van der Waals surface area contributed by atoms with Gasteiger partial charge in [-0.2, -0.15) is 0 Å². The van der Waals surface area contributed by atoms with Crippen molar-refractivity contribution in [1.29, 1.82) is 0 Å². The lowest BCUT2D eigenvalue weighted by molar-refractivity contribution is -0.139. The fraction of sp³-hybridized carbons (Fsp3) is 0.130. The van der Waals surface area contributed by atoms with Gasteiger partial charge in [0.25, 0.3) is 0 Å². The smallest absolute Gasteiger partial charge is 0.341 e. The van der Waals surface area contributed by atoms with E-state index in [1.54, 1.807) is 18.2 Å². The van der Waals surface area contributed by atoms with Gasteiger partial charge in [-0.3, -0.25) is 0 Å². The Morgan fingerprint density at radius 2 is 1.82 bits per heavy atom. The number of carbonyl (C=O) groups is 1. The van der Waals surface area contributed by atoms with Crippen molar-refractivity contribution in [1.82, 2.24) is 10.7 Å². The molecule has 1 aliphatic heterocycles. The lowest BCUT2D eigenvalue weighted by atomic mass is 10.00. The van der Waals surface area contributed by atoms with E-state index in [0.717, 1.165) is 5.56 Å². The summed E-state index contributed by atoms with van der Waals surface area (Å²) in [6.07, 6.45) is 0. The van der Waals surface area contributed by atoms with Crippen molar-refractivity contribution in [2.24, 2.45) is 16.6 Å². The summed E-state index contributed by atoms with van der Waals surface area (Å²) in [5.74, 6) is 5.61. The van der Waals surface area contributed by atoms with Gasteiger partial charge in [0.1, 0.15) is 23.1 Å². The number of hydrogen-bond acceptors (Lipinski definition) is 9. The van der Waals surface area contributed by atoms with Crippen LogP contribution in [0.5, 0.6) is 11.5 Å². The number of ether oxygens (including phenoxy) is 2. The van der Waals surface area contributed by atoms with E-state index in [4.69, 9.17) is 26.2 Å². The molecule has 3 rings (SSSR count). The van der Waals surface area contributed by atoms with Crippen LogP contribution in [-0.4, -0.2) is 35.2 Å². The van der Waals surface area contributed by atoms with Gasteiger partial charge < -0.3 is 36.2 Å². The average Bonchev–Trinajstić information content (AvgIpc) is 2.79. The second-order valence-corrected chi connectivity index (χ2v) is 6.95. The molecule has 0 saturated carbocycles. The predicted molar refractivity (Wildman–Crippen MR) is 125 cm³/mol. The molecule has 0 unspecified atom stereocenters. The first-order chi connectivity index (χ1) is 15.7. The Labute approximate surface area is 190 Å². The van der Waals surface area contributed by atoms with E-state index in [2.05, 4.69) is 28.9 Å². The Morgan fingerprint density at radius 3 is 2.42 bits per heavy atom.